The van der Waals surface area contributed by atoms with Crippen LogP contribution in [0.4, 0.5) is 15.2 Å². The average molecular weight is 405 g/mol. The van der Waals surface area contributed by atoms with Crippen LogP contribution in [-0.2, 0) is 9.53 Å². The minimum absolute atomic E-state index is 0.0386. The number of methoxy groups -OCH3 is 1. The Labute approximate surface area is 160 Å². The van der Waals surface area contributed by atoms with E-state index in [1.54, 1.807) is 0 Å². The van der Waals surface area contributed by atoms with Crippen LogP contribution in [0.1, 0.15) is 10.4 Å². The Morgan fingerprint density at radius 2 is 2.07 bits per heavy atom. The molecule has 11 heteroatoms. The number of aromatic nitrogens is 1. The number of carbonyl (C=O) groups is 2. The molecular weight excluding hydrogens is 393 g/mol. The van der Waals surface area contributed by atoms with Crippen LogP contribution in [0.25, 0.3) is 10.2 Å². The molecule has 1 amide bonds. The van der Waals surface area contributed by atoms with E-state index in [1.165, 1.54) is 31.4 Å². The summed E-state index contributed by atoms with van der Waals surface area (Å²) in [6.07, 6.45) is 0. The number of nitro benzene ring substituents is 1. The van der Waals surface area contributed by atoms with E-state index < -0.39 is 34.9 Å². The van der Waals surface area contributed by atoms with Gasteiger partial charge in [-0.05, 0) is 24.3 Å². The average Bonchev–Trinajstić information content (AvgIpc) is 3.06. The summed E-state index contributed by atoms with van der Waals surface area (Å²) < 4.78 is 23.5. The van der Waals surface area contributed by atoms with Crippen LogP contribution >= 0.6 is 11.3 Å². The third-order valence-corrected chi connectivity index (χ3v) is 4.47. The first kappa shape index (κ1) is 19.2. The van der Waals surface area contributed by atoms with Gasteiger partial charge in [-0.1, -0.05) is 11.3 Å². The number of thiazole rings is 1. The summed E-state index contributed by atoms with van der Waals surface area (Å²) in [5.74, 6) is -2.01. The topological polar surface area (TPSA) is 121 Å². The van der Waals surface area contributed by atoms with Gasteiger partial charge in [-0.15, -0.1) is 0 Å². The van der Waals surface area contributed by atoms with Gasteiger partial charge in [0.15, 0.2) is 17.5 Å². The van der Waals surface area contributed by atoms with Gasteiger partial charge in [-0.25, -0.2) is 14.2 Å². The number of carbonyl (C=O) groups excluding carboxylic acids is 2. The Balaban J connectivity index is 1.72. The lowest BCUT2D eigenvalue weighted by Crippen LogP contribution is -2.20. The standard InChI is InChI=1S/C17H12FN3O6S/c1-26-16(23)9-2-5-12(21(24)25)13(6-9)27-8-15(22)20-17-19-11-4-3-10(18)7-14(11)28-17/h2-7H,8H2,1H3,(H,19,20,22). The lowest BCUT2D eigenvalue weighted by Gasteiger charge is -2.08. The number of hydrogen-bond donors (Lipinski definition) is 1. The van der Waals surface area contributed by atoms with Gasteiger partial charge in [0.2, 0.25) is 0 Å². The molecule has 0 aliphatic heterocycles. The van der Waals surface area contributed by atoms with Crippen LogP contribution in [0.15, 0.2) is 36.4 Å². The zero-order valence-corrected chi connectivity index (χ0v) is 15.1. The first-order chi connectivity index (χ1) is 13.4. The lowest BCUT2D eigenvalue weighted by atomic mass is 10.2. The van der Waals surface area contributed by atoms with Crippen LogP contribution < -0.4 is 10.1 Å². The Bertz CT molecular complexity index is 1080. The Hall–Kier alpha value is -3.60. The first-order valence-electron chi connectivity index (χ1n) is 7.73. The molecule has 0 saturated heterocycles. The quantitative estimate of drug-likeness (QED) is 0.380. The van der Waals surface area contributed by atoms with Crippen molar-refractivity contribution in [2.24, 2.45) is 0 Å². The maximum Gasteiger partial charge on any atom is 0.337 e. The molecule has 28 heavy (non-hydrogen) atoms. The summed E-state index contributed by atoms with van der Waals surface area (Å²) in [7, 11) is 1.17. The normalized spacial score (nSPS) is 10.5. The molecule has 2 aromatic carbocycles. The van der Waals surface area contributed by atoms with Crippen molar-refractivity contribution in [3.63, 3.8) is 0 Å². The van der Waals surface area contributed by atoms with Gasteiger partial charge in [0.1, 0.15) is 5.82 Å². The minimum Gasteiger partial charge on any atom is -0.477 e. The number of ether oxygens (including phenoxy) is 2. The molecule has 1 aromatic heterocycles. The molecule has 9 nitrogen and oxygen atoms in total. The van der Waals surface area contributed by atoms with Crippen molar-refractivity contribution >= 4 is 44.2 Å². The molecule has 1 heterocycles. The molecule has 1 N–H and O–H groups in total. The molecule has 3 rings (SSSR count). The first-order valence-corrected chi connectivity index (χ1v) is 8.54. The number of benzene rings is 2. The highest BCUT2D eigenvalue weighted by atomic mass is 32.1. The fourth-order valence-electron chi connectivity index (χ4n) is 2.28. The summed E-state index contributed by atoms with van der Waals surface area (Å²) >= 11 is 1.07. The Morgan fingerprint density at radius 1 is 1.29 bits per heavy atom. The maximum absolute atomic E-state index is 13.2. The van der Waals surface area contributed by atoms with E-state index in [2.05, 4.69) is 15.0 Å². The van der Waals surface area contributed by atoms with E-state index in [9.17, 15) is 24.1 Å². The monoisotopic (exact) mass is 405 g/mol. The van der Waals surface area contributed by atoms with Gasteiger partial charge in [0, 0.05) is 12.1 Å². The van der Waals surface area contributed by atoms with Gasteiger partial charge in [-0.3, -0.25) is 20.2 Å². The number of anilines is 1. The zero-order valence-electron chi connectivity index (χ0n) is 14.3. The number of fused-ring (bicyclic) bond motifs is 1. The SMILES string of the molecule is COC(=O)c1ccc([N+](=O)[O-])c(OCC(=O)Nc2nc3ccc(F)cc3s2)c1. The van der Waals surface area contributed by atoms with E-state index in [0.717, 1.165) is 23.5 Å². The van der Waals surface area contributed by atoms with E-state index >= 15 is 0 Å². The predicted molar refractivity (Wildman–Crippen MR) is 98.1 cm³/mol. The second-order valence-corrected chi connectivity index (χ2v) is 6.43. The summed E-state index contributed by atoms with van der Waals surface area (Å²) in [4.78, 5) is 38.2. The summed E-state index contributed by atoms with van der Waals surface area (Å²) in [6.45, 7) is -0.560. The van der Waals surface area contributed by atoms with E-state index in [1.807, 2.05) is 0 Å². The number of halogens is 1. The third-order valence-electron chi connectivity index (χ3n) is 3.53. The molecule has 0 unspecified atom stereocenters. The van der Waals surface area contributed by atoms with Crippen LogP contribution in [-0.4, -0.2) is 35.5 Å². The summed E-state index contributed by atoms with van der Waals surface area (Å²) in [5, 5.41) is 13.8. The zero-order chi connectivity index (χ0) is 20.3. The van der Waals surface area contributed by atoms with Crippen molar-refractivity contribution in [1.82, 2.24) is 4.98 Å². The number of esters is 1. The van der Waals surface area contributed by atoms with Crippen molar-refractivity contribution in [3.05, 3.63) is 57.9 Å². The molecule has 0 saturated carbocycles. The van der Waals surface area contributed by atoms with Crippen LogP contribution in [0.2, 0.25) is 0 Å². The Kier molecular flexibility index (Phi) is 5.45. The molecule has 0 spiro atoms. The lowest BCUT2D eigenvalue weighted by molar-refractivity contribution is -0.385. The highest BCUT2D eigenvalue weighted by Gasteiger charge is 2.20. The largest absolute Gasteiger partial charge is 0.477 e. The Morgan fingerprint density at radius 3 is 2.79 bits per heavy atom. The van der Waals surface area contributed by atoms with Crippen molar-refractivity contribution < 1.29 is 28.4 Å². The van der Waals surface area contributed by atoms with Gasteiger partial charge in [0.05, 0.1) is 27.8 Å². The molecule has 0 aliphatic carbocycles. The van der Waals surface area contributed by atoms with Crippen molar-refractivity contribution in [1.29, 1.82) is 0 Å². The second-order valence-electron chi connectivity index (χ2n) is 5.40. The van der Waals surface area contributed by atoms with E-state index in [0.29, 0.717) is 10.2 Å². The molecule has 144 valence electrons. The maximum atomic E-state index is 13.2. The predicted octanol–water partition coefficient (Wildman–Crippen LogP) is 3.15. The molecule has 0 fully saturated rings. The number of hydrogen-bond acceptors (Lipinski definition) is 8. The molecule has 0 atom stereocenters. The van der Waals surface area contributed by atoms with Gasteiger partial charge >= 0.3 is 11.7 Å². The second kappa shape index (κ2) is 7.96. The van der Waals surface area contributed by atoms with Gasteiger partial charge in [0.25, 0.3) is 5.91 Å². The van der Waals surface area contributed by atoms with Gasteiger partial charge < -0.3 is 9.47 Å². The molecule has 0 bridgehead atoms. The molecule has 0 aliphatic rings. The summed E-state index contributed by atoms with van der Waals surface area (Å²) in [5.41, 5.74) is 0.150. The number of rotatable bonds is 6. The number of nitrogens with one attached hydrogen (secondary N) is 1. The number of amides is 1. The fourth-order valence-corrected chi connectivity index (χ4v) is 3.18. The molecule has 3 aromatic rings. The van der Waals surface area contributed by atoms with Crippen LogP contribution in [0.3, 0.4) is 0 Å². The molecule has 0 radical (unpaired) electrons. The number of nitrogens with zero attached hydrogens (tertiary/aromatic N) is 2. The van der Waals surface area contributed by atoms with E-state index in [4.69, 9.17) is 4.74 Å². The van der Waals surface area contributed by atoms with E-state index in [-0.39, 0.29) is 16.4 Å². The van der Waals surface area contributed by atoms with Crippen LogP contribution in [0, 0.1) is 15.9 Å². The highest BCUT2D eigenvalue weighted by molar-refractivity contribution is 7.22. The van der Waals surface area contributed by atoms with Crippen molar-refractivity contribution in [2.45, 2.75) is 0 Å². The number of nitro groups is 1. The fraction of sp³-hybridized carbons (Fsp3) is 0.118. The van der Waals surface area contributed by atoms with Crippen LogP contribution in [0.5, 0.6) is 5.75 Å². The third kappa shape index (κ3) is 4.20. The highest BCUT2D eigenvalue weighted by Crippen LogP contribution is 2.29. The minimum atomic E-state index is -0.703. The van der Waals surface area contributed by atoms with Crippen molar-refractivity contribution in [2.75, 3.05) is 19.0 Å². The van der Waals surface area contributed by atoms with Gasteiger partial charge in [-0.2, -0.15) is 0 Å². The summed E-state index contributed by atoms with van der Waals surface area (Å²) in [6, 6.07) is 7.45. The molecular formula is C17H12FN3O6S. The van der Waals surface area contributed by atoms with Crippen molar-refractivity contribution in [3.8, 4) is 5.75 Å². The smallest absolute Gasteiger partial charge is 0.337 e.